The van der Waals surface area contributed by atoms with Crippen LogP contribution in [0.25, 0.3) is 11.4 Å². The average molecular weight is 376 g/mol. The van der Waals surface area contributed by atoms with Crippen LogP contribution in [0.2, 0.25) is 0 Å². The Balaban J connectivity index is 1.65. The number of aryl methyl sites for hydroxylation is 1. The Morgan fingerprint density at radius 1 is 1.00 bits per heavy atom. The van der Waals surface area contributed by atoms with Crippen LogP contribution in [0, 0.1) is 20.2 Å². The molecule has 27 heavy (non-hydrogen) atoms. The van der Waals surface area contributed by atoms with E-state index in [9.17, 15) is 20.2 Å². The Bertz CT molecular complexity index is 799. The Labute approximate surface area is 154 Å². The lowest BCUT2D eigenvalue weighted by atomic mass is 10.1. The maximum Gasteiger partial charge on any atom is 0.277 e. The molecule has 1 aliphatic rings. The van der Waals surface area contributed by atoms with Crippen LogP contribution in [-0.2, 0) is 6.54 Å². The molecule has 144 valence electrons. The smallest absolute Gasteiger partial charge is 0.277 e. The summed E-state index contributed by atoms with van der Waals surface area (Å²) in [6.07, 6.45) is 0.842. The third-order valence-corrected chi connectivity index (χ3v) is 4.46. The number of non-ortho nitro benzene ring substituents is 2. The first-order chi connectivity index (χ1) is 12.9. The van der Waals surface area contributed by atoms with Gasteiger partial charge in [-0.3, -0.25) is 20.2 Å². The van der Waals surface area contributed by atoms with Crippen molar-refractivity contribution >= 4 is 11.4 Å². The molecule has 0 aliphatic carbocycles. The van der Waals surface area contributed by atoms with Gasteiger partial charge in [0.1, 0.15) is 0 Å². The molecule has 1 aromatic carbocycles. The van der Waals surface area contributed by atoms with E-state index in [4.69, 9.17) is 0 Å². The van der Waals surface area contributed by atoms with Crippen molar-refractivity contribution < 1.29 is 9.85 Å². The summed E-state index contributed by atoms with van der Waals surface area (Å²) in [4.78, 5) is 26.7. The molecule has 0 unspecified atom stereocenters. The van der Waals surface area contributed by atoms with Crippen molar-refractivity contribution in [1.29, 1.82) is 0 Å². The van der Waals surface area contributed by atoms with E-state index in [1.807, 2.05) is 0 Å². The number of piperazine rings is 1. The Morgan fingerprint density at radius 3 is 2.22 bits per heavy atom. The average Bonchev–Trinajstić information content (AvgIpc) is 3.12. The van der Waals surface area contributed by atoms with Gasteiger partial charge >= 0.3 is 0 Å². The Hall–Kier alpha value is -2.99. The fraction of sp³-hybridized carbons (Fsp3) is 0.533. The van der Waals surface area contributed by atoms with Crippen molar-refractivity contribution in [1.82, 2.24) is 30.0 Å². The van der Waals surface area contributed by atoms with Gasteiger partial charge in [-0.25, -0.2) is 0 Å². The minimum Gasteiger partial charge on any atom is -0.304 e. The molecule has 12 heteroatoms. The molecule has 0 bridgehead atoms. The molecule has 1 aromatic heterocycles. The number of tetrazole rings is 1. The Morgan fingerprint density at radius 2 is 1.63 bits per heavy atom. The van der Waals surface area contributed by atoms with Gasteiger partial charge in [-0.1, -0.05) is 0 Å². The molecule has 0 amide bonds. The first-order valence-electron chi connectivity index (χ1n) is 8.55. The normalized spacial score (nSPS) is 15.7. The highest BCUT2D eigenvalue weighted by atomic mass is 16.6. The highest BCUT2D eigenvalue weighted by Crippen LogP contribution is 2.27. The highest BCUT2D eigenvalue weighted by Gasteiger charge is 2.19. The van der Waals surface area contributed by atoms with Crippen LogP contribution >= 0.6 is 0 Å². The molecule has 1 fully saturated rings. The summed E-state index contributed by atoms with van der Waals surface area (Å²) in [5.74, 6) is 0.126. The van der Waals surface area contributed by atoms with Gasteiger partial charge < -0.3 is 9.80 Å². The van der Waals surface area contributed by atoms with E-state index in [0.29, 0.717) is 6.54 Å². The summed E-state index contributed by atoms with van der Waals surface area (Å²) < 4.78 is 0. The van der Waals surface area contributed by atoms with Gasteiger partial charge in [0.2, 0.25) is 5.82 Å². The molecule has 2 heterocycles. The van der Waals surface area contributed by atoms with Crippen molar-refractivity contribution in [3.63, 3.8) is 0 Å². The number of nitrogens with zero attached hydrogens (tertiary/aromatic N) is 8. The third-order valence-electron chi connectivity index (χ3n) is 4.46. The number of hydrogen-bond donors (Lipinski definition) is 0. The zero-order valence-corrected chi connectivity index (χ0v) is 14.9. The molecule has 2 aromatic rings. The standard InChI is InChI=1S/C15H20N8O4/c1-19-5-7-20(8-6-19)3-2-4-21-17-15(16-18-21)12-9-13(22(24)25)11-14(10-12)23(26)27/h9-11H,2-8H2,1H3. The van der Waals surface area contributed by atoms with E-state index < -0.39 is 9.85 Å². The Kier molecular flexibility index (Phi) is 5.66. The first kappa shape index (κ1) is 18.8. The van der Waals surface area contributed by atoms with Crippen LogP contribution in [0.5, 0.6) is 0 Å². The van der Waals surface area contributed by atoms with Crippen molar-refractivity contribution in [3.05, 3.63) is 38.4 Å². The molecule has 0 saturated carbocycles. The topological polar surface area (TPSA) is 136 Å². The fourth-order valence-electron chi connectivity index (χ4n) is 2.90. The second-order valence-electron chi connectivity index (χ2n) is 6.46. The molecule has 0 atom stereocenters. The van der Waals surface area contributed by atoms with Gasteiger partial charge in [0, 0.05) is 50.4 Å². The van der Waals surface area contributed by atoms with Crippen LogP contribution in [0.3, 0.4) is 0 Å². The van der Waals surface area contributed by atoms with E-state index in [1.165, 1.54) is 16.9 Å². The number of rotatable bonds is 7. The van der Waals surface area contributed by atoms with Gasteiger partial charge in [-0.2, -0.15) is 4.80 Å². The summed E-state index contributed by atoms with van der Waals surface area (Å²) in [5, 5.41) is 34.0. The lowest BCUT2D eigenvalue weighted by Gasteiger charge is -2.32. The number of aromatic nitrogens is 4. The molecule has 1 aliphatic heterocycles. The summed E-state index contributed by atoms with van der Waals surface area (Å²) >= 11 is 0. The van der Waals surface area contributed by atoms with Gasteiger partial charge in [0.15, 0.2) is 0 Å². The largest absolute Gasteiger partial charge is 0.304 e. The number of likely N-dealkylation sites (N-methyl/N-ethyl adjacent to an activating group) is 1. The molecule has 12 nitrogen and oxygen atoms in total. The van der Waals surface area contributed by atoms with Gasteiger partial charge in [0.05, 0.1) is 22.5 Å². The van der Waals surface area contributed by atoms with Gasteiger partial charge in [-0.15, -0.1) is 10.2 Å². The maximum absolute atomic E-state index is 11.0. The van der Waals surface area contributed by atoms with Gasteiger partial charge in [0.25, 0.3) is 11.4 Å². The predicted molar refractivity (Wildman–Crippen MR) is 95.1 cm³/mol. The molecular formula is C15H20N8O4. The number of benzene rings is 1. The molecule has 1 saturated heterocycles. The zero-order valence-electron chi connectivity index (χ0n) is 14.9. The van der Waals surface area contributed by atoms with E-state index in [1.54, 1.807) is 0 Å². The van der Waals surface area contributed by atoms with E-state index in [0.717, 1.165) is 45.2 Å². The van der Waals surface area contributed by atoms with Gasteiger partial charge in [-0.05, 0) is 18.7 Å². The van der Waals surface area contributed by atoms with E-state index in [-0.39, 0.29) is 22.8 Å². The maximum atomic E-state index is 11.0. The number of hydrogen-bond acceptors (Lipinski definition) is 9. The summed E-state index contributed by atoms with van der Waals surface area (Å²) in [6.45, 7) is 5.64. The molecule has 0 N–H and O–H groups in total. The number of nitro groups is 2. The fourth-order valence-corrected chi connectivity index (χ4v) is 2.90. The molecular weight excluding hydrogens is 356 g/mol. The van der Waals surface area contributed by atoms with Crippen molar-refractivity contribution in [2.24, 2.45) is 0 Å². The summed E-state index contributed by atoms with van der Waals surface area (Å²) in [5.41, 5.74) is -0.572. The van der Waals surface area contributed by atoms with Crippen molar-refractivity contribution in [2.75, 3.05) is 39.8 Å². The highest BCUT2D eigenvalue weighted by molar-refractivity contribution is 5.63. The van der Waals surface area contributed by atoms with Crippen LogP contribution < -0.4 is 0 Å². The lowest BCUT2D eigenvalue weighted by molar-refractivity contribution is -0.394. The van der Waals surface area contributed by atoms with Crippen LogP contribution in [0.1, 0.15) is 6.42 Å². The van der Waals surface area contributed by atoms with Crippen LogP contribution in [0.4, 0.5) is 11.4 Å². The summed E-state index contributed by atoms with van der Waals surface area (Å²) in [7, 11) is 2.11. The molecule has 3 rings (SSSR count). The quantitative estimate of drug-likeness (QED) is 0.507. The van der Waals surface area contributed by atoms with E-state index >= 15 is 0 Å². The lowest BCUT2D eigenvalue weighted by Crippen LogP contribution is -2.44. The van der Waals surface area contributed by atoms with Crippen molar-refractivity contribution in [3.8, 4) is 11.4 Å². The number of nitro benzene ring substituents is 2. The minimum atomic E-state index is -0.684. The summed E-state index contributed by atoms with van der Waals surface area (Å²) in [6, 6.07) is 3.32. The van der Waals surface area contributed by atoms with Crippen LogP contribution in [-0.4, -0.2) is 79.6 Å². The monoisotopic (exact) mass is 376 g/mol. The SMILES string of the molecule is CN1CCN(CCCn2nnc(-c3cc([N+](=O)[O-])cc([N+](=O)[O-])c3)n2)CC1. The zero-order chi connectivity index (χ0) is 19.4. The molecule has 0 radical (unpaired) electrons. The van der Waals surface area contributed by atoms with Crippen LogP contribution in [0.15, 0.2) is 18.2 Å². The predicted octanol–water partition coefficient (Wildman–Crippen LogP) is 0.794. The second-order valence-corrected chi connectivity index (χ2v) is 6.46. The second kappa shape index (κ2) is 8.14. The molecule has 0 spiro atoms. The minimum absolute atomic E-state index is 0.126. The van der Waals surface area contributed by atoms with Crippen molar-refractivity contribution in [2.45, 2.75) is 13.0 Å². The first-order valence-corrected chi connectivity index (χ1v) is 8.55. The third kappa shape index (κ3) is 4.80. The van der Waals surface area contributed by atoms with E-state index in [2.05, 4.69) is 32.3 Å².